The van der Waals surface area contributed by atoms with Crippen molar-refractivity contribution in [2.75, 3.05) is 13.2 Å². The number of nitrogens with zero attached hydrogens (tertiary/aromatic N) is 4. The van der Waals surface area contributed by atoms with Crippen molar-refractivity contribution in [3.05, 3.63) is 54.8 Å². The Morgan fingerprint density at radius 2 is 2.23 bits per heavy atom. The number of fused-ring (bicyclic) bond motifs is 1. The van der Waals surface area contributed by atoms with Gasteiger partial charge in [-0.25, -0.2) is 9.97 Å². The lowest BCUT2D eigenvalue weighted by atomic mass is 10.0. The highest BCUT2D eigenvalue weighted by molar-refractivity contribution is 5.65. The minimum absolute atomic E-state index is 0.229. The molecule has 3 heterocycles. The minimum Gasteiger partial charge on any atom is -0.475 e. The monoisotopic (exact) mass is 351 g/mol. The van der Waals surface area contributed by atoms with Gasteiger partial charge < -0.3 is 14.5 Å². The van der Waals surface area contributed by atoms with Crippen LogP contribution in [0.2, 0.25) is 0 Å². The van der Waals surface area contributed by atoms with E-state index in [0.29, 0.717) is 18.1 Å². The van der Waals surface area contributed by atoms with Crippen LogP contribution < -0.4 is 10.1 Å². The van der Waals surface area contributed by atoms with Crippen molar-refractivity contribution in [2.24, 2.45) is 0 Å². The summed E-state index contributed by atoms with van der Waals surface area (Å²) in [6.45, 7) is 11.4. The van der Waals surface area contributed by atoms with E-state index in [9.17, 15) is 0 Å². The molecule has 0 saturated heterocycles. The number of pyridine rings is 1. The van der Waals surface area contributed by atoms with Crippen LogP contribution in [-0.4, -0.2) is 32.5 Å². The van der Waals surface area contributed by atoms with Gasteiger partial charge in [0.15, 0.2) is 0 Å². The summed E-state index contributed by atoms with van der Waals surface area (Å²) in [6.07, 6.45) is 10.1. The maximum atomic E-state index is 5.84. The second-order valence-corrected chi connectivity index (χ2v) is 6.20. The highest BCUT2D eigenvalue weighted by Gasteiger charge is 2.14. The van der Waals surface area contributed by atoms with Crippen LogP contribution in [0.15, 0.2) is 43.5 Å². The Hall–Kier alpha value is -2.73. The molecule has 0 bridgehead atoms. The van der Waals surface area contributed by atoms with Gasteiger partial charge in [0.1, 0.15) is 0 Å². The Balaban J connectivity index is 2.04. The molecule has 0 amide bonds. The Labute approximate surface area is 154 Å². The van der Waals surface area contributed by atoms with Gasteiger partial charge in [0.05, 0.1) is 12.3 Å². The van der Waals surface area contributed by atoms with Crippen LogP contribution >= 0.6 is 0 Å². The van der Waals surface area contributed by atoms with Gasteiger partial charge in [0.2, 0.25) is 5.65 Å². The molecule has 6 nitrogen and oxygen atoms in total. The van der Waals surface area contributed by atoms with Gasteiger partial charge in [-0.15, -0.1) is 6.58 Å². The van der Waals surface area contributed by atoms with E-state index in [2.05, 4.69) is 41.8 Å². The molecule has 0 unspecified atom stereocenters. The summed E-state index contributed by atoms with van der Waals surface area (Å²) in [5.74, 6) is 0.527. The predicted octanol–water partition coefficient (Wildman–Crippen LogP) is 3.73. The molecule has 0 radical (unpaired) electrons. The number of nitrogens with one attached hydrogen (secondary N) is 1. The molecule has 26 heavy (non-hydrogen) atoms. The minimum atomic E-state index is 0.229. The van der Waals surface area contributed by atoms with Gasteiger partial charge in [0, 0.05) is 42.1 Å². The SMILES string of the molecule is C=CCCOc1nc(-c2cc([C@@H](C)NCC)cnc2C)cn2ccnc12. The fraction of sp³-hybridized carbons (Fsp3) is 0.350. The lowest BCUT2D eigenvalue weighted by molar-refractivity contribution is 0.315. The molecule has 6 heteroatoms. The van der Waals surface area contributed by atoms with E-state index in [1.807, 2.05) is 36.0 Å². The van der Waals surface area contributed by atoms with E-state index in [4.69, 9.17) is 9.72 Å². The summed E-state index contributed by atoms with van der Waals surface area (Å²) in [5, 5.41) is 3.42. The van der Waals surface area contributed by atoms with Crippen LogP contribution in [0, 0.1) is 6.92 Å². The molecule has 0 aromatic carbocycles. The maximum Gasteiger partial charge on any atom is 0.258 e. The first-order valence-electron chi connectivity index (χ1n) is 8.91. The molecule has 0 spiro atoms. The van der Waals surface area contributed by atoms with Crippen molar-refractivity contribution < 1.29 is 4.74 Å². The summed E-state index contributed by atoms with van der Waals surface area (Å²) < 4.78 is 7.77. The number of imidazole rings is 1. The van der Waals surface area contributed by atoms with E-state index in [1.54, 1.807) is 6.20 Å². The zero-order chi connectivity index (χ0) is 18.5. The molecule has 0 aliphatic heterocycles. The fourth-order valence-electron chi connectivity index (χ4n) is 2.84. The molecular formula is C20H25N5O. The van der Waals surface area contributed by atoms with Gasteiger partial charge in [-0.05, 0) is 38.4 Å². The molecule has 136 valence electrons. The van der Waals surface area contributed by atoms with Crippen LogP contribution in [0.3, 0.4) is 0 Å². The van der Waals surface area contributed by atoms with Crippen molar-refractivity contribution in [2.45, 2.75) is 33.2 Å². The number of hydrogen-bond donors (Lipinski definition) is 1. The van der Waals surface area contributed by atoms with Crippen molar-refractivity contribution in [3.63, 3.8) is 0 Å². The number of rotatable bonds is 8. The Morgan fingerprint density at radius 3 is 3.00 bits per heavy atom. The molecule has 3 rings (SSSR count). The van der Waals surface area contributed by atoms with E-state index < -0.39 is 0 Å². The fourth-order valence-corrected chi connectivity index (χ4v) is 2.84. The summed E-state index contributed by atoms with van der Waals surface area (Å²) in [5.41, 5.74) is 4.59. The van der Waals surface area contributed by atoms with Crippen LogP contribution in [0.1, 0.15) is 37.6 Å². The van der Waals surface area contributed by atoms with E-state index in [-0.39, 0.29) is 6.04 Å². The Kier molecular flexibility index (Phi) is 5.63. The van der Waals surface area contributed by atoms with Gasteiger partial charge in [-0.1, -0.05) is 13.0 Å². The molecule has 0 aliphatic carbocycles. The third-order valence-corrected chi connectivity index (χ3v) is 4.30. The molecular weight excluding hydrogens is 326 g/mol. The summed E-state index contributed by atoms with van der Waals surface area (Å²) in [7, 11) is 0. The lowest BCUT2D eigenvalue weighted by Crippen LogP contribution is -2.18. The highest BCUT2D eigenvalue weighted by atomic mass is 16.5. The first-order valence-corrected chi connectivity index (χ1v) is 8.91. The standard InChI is InChI=1S/C20H25N5O/c1-5-7-10-26-20-19-22-8-9-25(19)13-18(24-20)17-11-16(12-23-15(17)4)14(3)21-6-2/h5,8-9,11-14,21H,1,6-7,10H2,2-4H3/t14-/m1/s1. The first kappa shape index (κ1) is 18.1. The number of aromatic nitrogens is 4. The third kappa shape index (κ3) is 3.75. The molecule has 0 saturated carbocycles. The lowest BCUT2D eigenvalue weighted by Gasteiger charge is -2.15. The van der Waals surface area contributed by atoms with E-state index in [1.165, 1.54) is 0 Å². The summed E-state index contributed by atoms with van der Waals surface area (Å²) >= 11 is 0. The van der Waals surface area contributed by atoms with Crippen LogP contribution in [0.25, 0.3) is 16.9 Å². The van der Waals surface area contributed by atoms with Gasteiger partial charge in [-0.3, -0.25) is 4.98 Å². The van der Waals surface area contributed by atoms with Crippen LogP contribution in [-0.2, 0) is 0 Å². The number of hydrogen-bond acceptors (Lipinski definition) is 5. The van der Waals surface area contributed by atoms with Crippen molar-refractivity contribution in [3.8, 4) is 17.1 Å². The molecule has 3 aromatic rings. The molecule has 1 atom stereocenters. The second kappa shape index (κ2) is 8.10. The van der Waals surface area contributed by atoms with Crippen LogP contribution in [0.5, 0.6) is 5.88 Å². The Morgan fingerprint density at radius 1 is 1.38 bits per heavy atom. The maximum absolute atomic E-state index is 5.84. The van der Waals surface area contributed by atoms with Gasteiger partial charge >= 0.3 is 0 Å². The Bertz CT molecular complexity index is 902. The average molecular weight is 351 g/mol. The molecule has 3 aromatic heterocycles. The normalized spacial score (nSPS) is 12.3. The number of aryl methyl sites for hydroxylation is 1. The predicted molar refractivity (Wildman–Crippen MR) is 103 cm³/mol. The average Bonchev–Trinajstić information content (AvgIpc) is 3.11. The zero-order valence-corrected chi connectivity index (χ0v) is 15.6. The van der Waals surface area contributed by atoms with Crippen molar-refractivity contribution >= 4 is 5.65 Å². The highest BCUT2D eigenvalue weighted by Crippen LogP contribution is 2.27. The van der Waals surface area contributed by atoms with E-state index >= 15 is 0 Å². The first-order chi connectivity index (χ1) is 12.6. The van der Waals surface area contributed by atoms with Crippen LogP contribution in [0.4, 0.5) is 0 Å². The van der Waals surface area contributed by atoms with Gasteiger partial charge in [-0.2, -0.15) is 0 Å². The van der Waals surface area contributed by atoms with Gasteiger partial charge in [0.25, 0.3) is 5.88 Å². The zero-order valence-electron chi connectivity index (χ0n) is 15.6. The molecule has 1 N–H and O–H groups in total. The second-order valence-electron chi connectivity index (χ2n) is 6.20. The van der Waals surface area contributed by atoms with Crippen molar-refractivity contribution in [1.29, 1.82) is 0 Å². The number of ether oxygens (including phenoxy) is 1. The molecule has 0 fully saturated rings. The topological polar surface area (TPSA) is 64.3 Å². The van der Waals surface area contributed by atoms with E-state index in [0.717, 1.165) is 35.5 Å². The summed E-state index contributed by atoms with van der Waals surface area (Å²) in [4.78, 5) is 13.6. The summed E-state index contributed by atoms with van der Waals surface area (Å²) in [6, 6.07) is 2.38. The smallest absolute Gasteiger partial charge is 0.258 e. The molecule has 0 aliphatic rings. The third-order valence-electron chi connectivity index (χ3n) is 4.30. The quantitative estimate of drug-likeness (QED) is 0.495. The van der Waals surface area contributed by atoms with Crippen molar-refractivity contribution in [1.82, 2.24) is 24.7 Å². The largest absolute Gasteiger partial charge is 0.475 e.